The topological polar surface area (TPSA) is 141 Å². The first-order valence-electron chi connectivity index (χ1n) is 6.87. The Labute approximate surface area is 171 Å². The van der Waals surface area contributed by atoms with Crippen LogP contribution < -0.4 is 34.3 Å². The normalized spacial score (nSPS) is 10.7. The number of carboxylic acid groups (broad SMARTS) is 2. The van der Waals surface area contributed by atoms with Crippen LogP contribution >= 0.6 is 0 Å². The van der Waals surface area contributed by atoms with Crippen LogP contribution in [0.25, 0.3) is 0 Å². The molecule has 0 fully saturated rings. The van der Waals surface area contributed by atoms with Gasteiger partial charge in [-0.05, 0) is 55.3 Å². The van der Waals surface area contributed by atoms with Gasteiger partial charge in [-0.3, -0.25) is 0 Å². The monoisotopic (exact) mass is 388 g/mol. The van der Waals surface area contributed by atoms with E-state index in [2.05, 4.69) is 0 Å². The average molecular weight is 388 g/mol. The zero-order valence-electron chi connectivity index (χ0n) is 14.1. The molecule has 26 heavy (non-hydrogen) atoms. The second-order valence-corrected chi connectivity index (χ2v) is 6.59. The third kappa shape index (κ3) is 4.63. The summed E-state index contributed by atoms with van der Waals surface area (Å²) < 4.78 is 38.2. The molecule has 0 saturated carbocycles. The minimum Gasteiger partial charge on any atom is -0.744 e. The van der Waals surface area contributed by atoms with Gasteiger partial charge in [-0.15, -0.1) is 0 Å². The van der Waals surface area contributed by atoms with Crippen molar-refractivity contribution in [1.82, 2.24) is 0 Å². The zero-order chi connectivity index (χ0) is 18.9. The molecule has 132 valence electrons. The summed E-state index contributed by atoms with van der Waals surface area (Å²) >= 11 is 0. The first-order chi connectivity index (χ1) is 11.5. The standard InChI is InChI=1S/C16H14O8S.Na/c1-8-7-12(15(17)18)14(13(9(8)2)16(19)20)24-10-3-5-11(6-4-10)25(21,22)23;/h3-7H,1-2H3,(H,17,18)(H,19,20)(H,21,22,23);/q;+1/p-1. The van der Waals surface area contributed by atoms with Crippen LogP contribution in [-0.2, 0) is 10.1 Å². The third-order valence-corrected chi connectivity index (χ3v) is 4.43. The van der Waals surface area contributed by atoms with Crippen LogP contribution in [0.1, 0.15) is 31.8 Å². The molecule has 0 atom stereocenters. The Morgan fingerprint density at radius 2 is 1.58 bits per heavy atom. The quantitative estimate of drug-likeness (QED) is 0.511. The van der Waals surface area contributed by atoms with Crippen LogP contribution in [-0.4, -0.2) is 35.1 Å². The van der Waals surface area contributed by atoms with E-state index in [0.29, 0.717) is 11.1 Å². The van der Waals surface area contributed by atoms with Crippen LogP contribution in [0.15, 0.2) is 35.2 Å². The molecule has 2 N–H and O–H groups in total. The molecule has 8 nitrogen and oxygen atoms in total. The molecule has 2 rings (SSSR count). The van der Waals surface area contributed by atoms with Crippen molar-refractivity contribution in [1.29, 1.82) is 0 Å². The molecule has 0 aliphatic rings. The first-order valence-corrected chi connectivity index (χ1v) is 8.27. The van der Waals surface area contributed by atoms with Gasteiger partial charge >= 0.3 is 41.5 Å². The Kier molecular flexibility index (Phi) is 6.97. The van der Waals surface area contributed by atoms with Crippen molar-refractivity contribution in [3.63, 3.8) is 0 Å². The largest absolute Gasteiger partial charge is 1.00 e. The number of aromatic carboxylic acids is 2. The SMILES string of the molecule is Cc1cc(C(=O)O)c(Oc2ccc(S(=O)(=O)[O-])cc2)c(C(=O)O)c1C.[Na+]. The summed E-state index contributed by atoms with van der Waals surface area (Å²) in [6, 6.07) is 5.53. The van der Waals surface area contributed by atoms with E-state index in [1.54, 1.807) is 6.92 Å². The molecule has 0 aliphatic heterocycles. The second-order valence-electron chi connectivity index (χ2n) is 5.21. The Morgan fingerprint density at radius 1 is 1.04 bits per heavy atom. The van der Waals surface area contributed by atoms with Crippen molar-refractivity contribution in [3.8, 4) is 11.5 Å². The summed E-state index contributed by atoms with van der Waals surface area (Å²) in [5.41, 5.74) is 0.153. The summed E-state index contributed by atoms with van der Waals surface area (Å²) in [4.78, 5) is 22.5. The fourth-order valence-corrected chi connectivity index (χ4v) is 2.68. The van der Waals surface area contributed by atoms with Gasteiger partial charge in [0.25, 0.3) is 0 Å². The summed E-state index contributed by atoms with van der Waals surface area (Å²) in [6.45, 7) is 3.09. The van der Waals surface area contributed by atoms with Crippen molar-refractivity contribution in [3.05, 3.63) is 52.6 Å². The number of carboxylic acids is 2. The molecule has 0 aromatic heterocycles. The fourth-order valence-electron chi connectivity index (χ4n) is 2.21. The maximum absolute atomic E-state index is 11.6. The van der Waals surface area contributed by atoms with Crippen molar-refractivity contribution in [2.45, 2.75) is 18.7 Å². The van der Waals surface area contributed by atoms with Crippen LogP contribution in [0.3, 0.4) is 0 Å². The number of hydrogen-bond donors (Lipinski definition) is 2. The van der Waals surface area contributed by atoms with Crippen molar-refractivity contribution < 1.29 is 67.1 Å². The van der Waals surface area contributed by atoms with Gasteiger partial charge in [-0.2, -0.15) is 0 Å². The van der Waals surface area contributed by atoms with E-state index < -0.39 is 27.0 Å². The number of benzene rings is 2. The van der Waals surface area contributed by atoms with Crippen molar-refractivity contribution >= 4 is 22.1 Å². The molecule has 2 aromatic rings. The molecular formula is C16H13NaO8S. The molecule has 0 heterocycles. The van der Waals surface area contributed by atoms with Crippen molar-refractivity contribution in [2.75, 3.05) is 0 Å². The third-order valence-electron chi connectivity index (χ3n) is 3.58. The molecular weight excluding hydrogens is 375 g/mol. The predicted octanol–water partition coefficient (Wildman–Crippen LogP) is -0.600. The maximum Gasteiger partial charge on any atom is 1.00 e. The van der Waals surface area contributed by atoms with Crippen LogP contribution in [0.5, 0.6) is 11.5 Å². The van der Waals surface area contributed by atoms with Crippen LogP contribution in [0.2, 0.25) is 0 Å². The Hall–Kier alpha value is -1.91. The van der Waals surface area contributed by atoms with Gasteiger partial charge in [-0.1, -0.05) is 0 Å². The molecule has 2 aromatic carbocycles. The van der Waals surface area contributed by atoms with E-state index in [-0.39, 0.29) is 52.2 Å². The smallest absolute Gasteiger partial charge is 0.744 e. The van der Waals surface area contributed by atoms with Gasteiger partial charge in [0.1, 0.15) is 27.0 Å². The Bertz CT molecular complexity index is 965. The van der Waals surface area contributed by atoms with Gasteiger partial charge < -0.3 is 19.5 Å². The molecule has 0 bridgehead atoms. The Balaban J connectivity index is 0.00000338. The van der Waals surface area contributed by atoms with Gasteiger partial charge in [0.15, 0.2) is 5.75 Å². The van der Waals surface area contributed by atoms with Gasteiger partial charge in [0.2, 0.25) is 0 Å². The first kappa shape index (κ1) is 22.1. The van der Waals surface area contributed by atoms with Crippen LogP contribution in [0, 0.1) is 13.8 Å². The van der Waals surface area contributed by atoms with Gasteiger partial charge in [0, 0.05) is 0 Å². The second kappa shape index (κ2) is 8.19. The Morgan fingerprint density at radius 3 is 2.00 bits per heavy atom. The van der Waals surface area contributed by atoms with E-state index in [4.69, 9.17) is 4.74 Å². The minimum atomic E-state index is -4.64. The molecule has 0 aliphatic carbocycles. The fraction of sp³-hybridized carbons (Fsp3) is 0.125. The number of aryl methyl sites for hydroxylation is 1. The summed E-state index contributed by atoms with van der Waals surface area (Å²) in [5.74, 6) is -3.13. The van der Waals surface area contributed by atoms with E-state index in [0.717, 1.165) is 24.3 Å². The molecule has 0 spiro atoms. The zero-order valence-corrected chi connectivity index (χ0v) is 17.0. The molecule has 0 amide bonds. The predicted molar refractivity (Wildman–Crippen MR) is 84.3 cm³/mol. The molecule has 0 saturated heterocycles. The van der Waals surface area contributed by atoms with E-state index in [1.807, 2.05) is 0 Å². The van der Waals surface area contributed by atoms with Crippen LogP contribution in [0.4, 0.5) is 0 Å². The summed E-state index contributed by atoms with van der Waals surface area (Å²) in [5, 5.41) is 18.7. The number of hydrogen-bond acceptors (Lipinski definition) is 6. The molecule has 10 heteroatoms. The summed E-state index contributed by atoms with van der Waals surface area (Å²) in [6.07, 6.45) is 0. The number of carbonyl (C=O) groups is 2. The van der Waals surface area contributed by atoms with E-state index >= 15 is 0 Å². The summed E-state index contributed by atoms with van der Waals surface area (Å²) in [7, 11) is -4.64. The molecule has 0 unspecified atom stereocenters. The van der Waals surface area contributed by atoms with Gasteiger partial charge in [-0.25, -0.2) is 18.0 Å². The van der Waals surface area contributed by atoms with E-state index in [1.165, 1.54) is 13.0 Å². The number of rotatable bonds is 5. The maximum atomic E-state index is 11.6. The average Bonchev–Trinajstić information content (AvgIpc) is 2.49. The minimum absolute atomic E-state index is 0. The molecule has 0 radical (unpaired) electrons. The van der Waals surface area contributed by atoms with Gasteiger partial charge in [0.05, 0.1) is 4.90 Å². The number of ether oxygens (including phenoxy) is 1. The van der Waals surface area contributed by atoms with E-state index in [9.17, 15) is 32.8 Å². The van der Waals surface area contributed by atoms with Crippen molar-refractivity contribution in [2.24, 2.45) is 0 Å².